The standard InChI is InChI=1S/C19H15FN4O2S/c20-14-6-2-4-8-16(14)24-17(22-23-19(24)27-11-18(25)26)9-12-10-21-15-7-3-1-5-13(12)15/h1-8,10,21H,9,11H2,(H,25,26). The fourth-order valence-electron chi connectivity index (χ4n) is 2.96. The first kappa shape index (κ1) is 17.3. The van der Waals surface area contributed by atoms with Gasteiger partial charge in [0, 0.05) is 23.5 Å². The Hall–Kier alpha value is -3.13. The Labute approximate surface area is 158 Å². The first-order valence-corrected chi connectivity index (χ1v) is 9.21. The van der Waals surface area contributed by atoms with E-state index in [9.17, 15) is 9.18 Å². The molecule has 2 aromatic heterocycles. The maximum atomic E-state index is 14.4. The van der Waals surface area contributed by atoms with E-state index in [0.29, 0.717) is 23.1 Å². The van der Waals surface area contributed by atoms with Crippen molar-refractivity contribution in [1.29, 1.82) is 0 Å². The van der Waals surface area contributed by atoms with Crippen molar-refractivity contribution in [3.63, 3.8) is 0 Å². The third kappa shape index (κ3) is 3.43. The van der Waals surface area contributed by atoms with Crippen LogP contribution in [0.3, 0.4) is 0 Å². The number of halogens is 1. The van der Waals surface area contributed by atoms with E-state index in [-0.39, 0.29) is 5.75 Å². The maximum Gasteiger partial charge on any atom is 0.313 e. The topological polar surface area (TPSA) is 83.8 Å². The molecule has 4 rings (SSSR count). The van der Waals surface area contributed by atoms with Crippen LogP contribution in [-0.4, -0.2) is 36.6 Å². The molecule has 0 radical (unpaired) electrons. The predicted octanol–water partition coefficient (Wildman–Crippen LogP) is 3.66. The van der Waals surface area contributed by atoms with E-state index in [1.54, 1.807) is 22.8 Å². The molecule has 6 nitrogen and oxygen atoms in total. The van der Waals surface area contributed by atoms with Gasteiger partial charge in [-0.3, -0.25) is 9.36 Å². The number of fused-ring (bicyclic) bond motifs is 1. The molecule has 136 valence electrons. The third-order valence-corrected chi connectivity index (χ3v) is 5.06. The lowest BCUT2D eigenvalue weighted by Gasteiger charge is -2.10. The SMILES string of the molecule is O=C(O)CSc1nnc(Cc2c[nH]c3ccccc23)n1-c1ccccc1F. The van der Waals surface area contributed by atoms with Gasteiger partial charge in [0.25, 0.3) is 0 Å². The molecule has 0 fully saturated rings. The number of aromatic amines is 1. The van der Waals surface area contributed by atoms with E-state index >= 15 is 0 Å². The highest BCUT2D eigenvalue weighted by molar-refractivity contribution is 7.99. The number of para-hydroxylation sites is 2. The summed E-state index contributed by atoms with van der Waals surface area (Å²) in [5, 5.41) is 18.7. The van der Waals surface area contributed by atoms with Crippen molar-refractivity contribution in [2.24, 2.45) is 0 Å². The highest BCUT2D eigenvalue weighted by atomic mass is 32.2. The highest BCUT2D eigenvalue weighted by Gasteiger charge is 2.19. The molecule has 4 aromatic rings. The van der Waals surface area contributed by atoms with E-state index < -0.39 is 11.8 Å². The number of aliphatic carboxylic acids is 1. The fourth-order valence-corrected chi connectivity index (χ4v) is 3.64. The van der Waals surface area contributed by atoms with Crippen molar-refractivity contribution in [3.8, 4) is 5.69 Å². The smallest absolute Gasteiger partial charge is 0.313 e. The molecular formula is C19H15FN4O2S. The van der Waals surface area contributed by atoms with Gasteiger partial charge in [0.05, 0.1) is 11.4 Å². The molecule has 2 N–H and O–H groups in total. The van der Waals surface area contributed by atoms with Crippen molar-refractivity contribution in [1.82, 2.24) is 19.7 Å². The second kappa shape index (κ2) is 7.24. The number of thioether (sulfide) groups is 1. The van der Waals surface area contributed by atoms with Gasteiger partial charge in [0.1, 0.15) is 11.6 Å². The predicted molar refractivity (Wildman–Crippen MR) is 101 cm³/mol. The summed E-state index contributed by atoms with van der Waals surface area (Å²) in [6.45, 7) is 0. The fraction of sp³-hybridized carbons (Fsp3) is 0.105. The number of nitrogens with one attached hydrogen (secondary N) is 1. The number of carboxylic acids is 1. The molecule has 0 saturated heterocycles. The van der Waals surface area contributed by atoms with Gasteiger partial charge in [-0.25, -0.2) is 4.39 Å². The van der Waals surface area contributed by atoms with Crippen molar-refractivity contribution >= 4 is 28.6 Å². The van der Waals surface area contributed by atoms with E-state index in [0.717, 1.165) is 28.2 Å². The Morgan fingerprint density at radius 3 is 2.74 bits per heavy atom. The summed E-state index contributed by atoms with van der Waals surface area (Å²) in [4.78, 5) is 14.2. The highest BCUT2D eigenvalue weighted by Crippen LogP contribution is 2.27. The molecular weight excluding hydrogens is 367 g/mol. The van der Waals surface area contributed by atoms with Crippen LogP contribution < -0.4 is 0 Å². The van der Waals surface area contributed by atoms with E-state index in [1.807, 2.05) is 30.5 Å². The van der Waals surface area contributed by atoms with Crippen LogP contribution >= 0.6 is 11.8 Å². The minimum Gasteiger partial charge on any atom is -0.481 e. The van der Waals surface area contributed by atoms with E-state index in [2.05, 4.69) is 15.2 Å². The van der Waals surface area contributed by atoms with Gasteiger partial charge in [-0.05, 0) is 23.8 Å². The zero-order chi connectivity index (χ0) is 18.8. The van der Waals surface area contributed by atoms with Crippen LogP contribution in [0.5, 0.6) is 0 Å². The quantitative estimate of drug-likeness (QED) is 0.497. The van der Waals surface area contributed by atoms with Gasteiger partial charge in [-0.2, -0.15) is 0 Å². The number of carbonyl (C=O) groups is 1. The van der Waals surface area contributed by atoms with Gasteiger partial charge in [0.15, 0.2) is 5.16 Å². The summed E-state index contributed by atoms with van der Waals surface area (Å²) in [5.41, 5.74) is 2.31. The molecule has 27 heavy (non-hydrogen) atoms. The summed E-state index contributed by atoms with van der Waals surface area (Å²) < 4.78 is 16.0. The number of rotatable bonds is 6. The zero-order valence-corrected chi connectivity index (χ0v) is 14.9. The Morgan fingerprint density at radius 2 is 1.93 bits per heavy atom. The van der Waals surface area contributed by atoms with Crippen LogP contribution in [-0.2, 0) is 11.2 Å². The van der Waals surface area contributed by atoms with Crippen LogP contribution in [0, 0.1) is 5.82 Å². The molecule has 0 aliphatic heterocycles. The van der Waals surface area contributed by atoms with Crippen molar-refractivity contribution < 1.29 is 14.3 Å². The van der Waals surface area contributed by atoms with Gasteiger partial charge in [-0.1, -0.05) is 42.1 Å². The first-order chi connectivity index (χ1) is 13.1. The summed E-state index contributed by atoms with van der Waals surface area (Å²) in [6.07, 6.45) is 2.33. The number of H-pyrrole nitrogens is 1. The molecule has 0 saturated carbocycles. The second-order valence-electron chi connectivity index (χ2n) is 5.90. The average Bonchev–Trinajstić information content (AvgIpc) is 3.25. The number of nitrogens with zero attached hydrogens (tertiary/aromatic N) is 3. The normalized spacial score (nSPS) is 11.1. The summed E-state index contributed by atoms with van der Waals surface area (Å²) in [6, 6.07) is 14.2. The number of benzene rings is 2. The van der Waals surface area contributed by atoms with Gasteiger partial charge in [-0.15, -0.1) is 10.2 Å². The Morgan fingerprint density at radius 1 is 1.15 bits per heavy atom. The Balaban J connectivity index is 1.78. The lowest BCUT2D eigenvalue weighted by atomic mass is 10.1. The molecule has 0 amide bonds. The minimum atomic E-state index is -0.971. The van der Waals surface area contributed by atoms with Crippen LogP contribution in [0.25, 0.3) is 16.6 Å². The lowest BCUT2D eigenvalue weighted by Crippen LogP contribution is -2.07. The Kier molecular flexibility index (Phi) is 4.64. The monoisotopic (exact) mass is 382 g/mol. The average molecular weight is 382 g/mol. The van der Waals surface area contributed by atoms with Gasteiger partial charge >= 0.3 is 5.97 Å². The largest absolute Gasteiger partial charge is 0.481 e. The Bertz CT molecular complexity index is 1120. The molecule has 0 atom stereocenters. The van der Waals surface area contributed by atoms with Crippen molar-refractivity contribution in [2.75, 3.05) is 5.75 Å². The molecule has 0 aliphatic carbocycles. The van der Waals surface area contributed by atoms with Gasteiger partial charge in [0.2, 0.25) is 0 Å². The van der Waals surface area contributed by atoms with Crippen LogP contribution in [0.1, 0.15) is 11.4 Å². The maximum absolute atomic E-state index is 14.4. The van der Waals surface area contributed by atoms with E-state index in [4.69, 9.17) is 5.11 Å². The number of hydrogen-bond donors (Lipinski definition) is 2. The number of hydrogen-bond acceptors (Lipinski definition) is 4. The number of aromatic nitrogens is 4. The summed E-state index contributed by atoms with van der Waals surface area (Å²) in [5.74, 6) is -1.03. The summed E-state index contributed by atoms with van der Waals surface area (Å²) >= 11 is 1.01. The van der Waals surface area contributed by atoms with Crippen molar-refractivity contribution in [3.05, 3.63) is 71.9 Å². The molecule has 2 aromatic carbocycles. The van der Waals surface area contributed by atoms with Crippen molar-refractivity contribution in [2.45, 2.75) is 11.6 Å². The zero-order valence-electron chi connectivity index (χ0n) is 14.1. The minimum absolute atomic E-state index is 0.181. The second-order valence-corrected chi connectivity index (χ2v) is 6.85. The molecule has 2 heterocycles. The molecule has 0 aliphatic rings. The molecule has 0 spiro atoms. The molecule has 0 bridgehead atoms. The van der Waals surface area contributed by atoms with Crippen LogP contribution in [0.2, 0.25) is 0 Å². The number of carboxylic acid groups (broad SMARTS) is 1. The molecule has 8 heteroatoms. The third-order valence-electron chi connectivity index (χ3n) is 4.14. The molecule has 0 unspecified atom stereocenters. The van der Waals surface area contributed by atoms with Gasteiger partial charge < -0.3 is 10.1 Å². The lowest BCUT2D eigenvalue weighted by molar-refractivity contribution is -0.133. The summed E-state index contributed by atoms with van der Waals surface area (Å²) in [7, 11) is 0. The first-order valence-electron chi connectivity index (χ1n) is 8.22. The van der Waals surface area contributed by atoms with E-state index in [1.165, 1.54) is 6.07 Å². The van der Waals surface area contributed by atoms with Crippen LogP contribution in [0.15, 0.2) is 59.9 Å². The van der Waals surface area contributed by atoms with Crippen LogP contribution in [0.4, 0.5) is 4.39 Å².